The Morgan fingerprint density at radius 3 is 2.55 bits per heavy atom. The molecule has 0 saturated carbocycles. The Morgan fingerprint density at radius 2 is 1.95 bits per heavy atom. The highest BCUT2D eigenvalue weighted by Crippen LogP contribution is 2.30. The van der Waals surface area contributed by atoms with E-state index in [1.807, 2.05) is 16.8 Å². The van der Waals surface area contributed by atoms with Crippen LogP contribution in [0.5, 0.6) is 0 Å². The number of benzene rings is 1. The molecule has 1 aromatic carbocycles. The summed E-state index contributed by atoms with van der Waals surface area (Å²) in [6.07, 6.45) is 0.892. The van der Waals surface area contributed by atoms with Gasteiger partial charge in [-0.1, -0.05) is 48.8 Å². The van der Waals surface area contributed by atoms with Gasteiger partial charge in [-0.2, -0.15) is 5.10 Å². The summed E-state index contributed by atoms with van der Waals surface area (Å²) in [6.45, 7) is 7.27. The molecule has 0 amide bonds. The van der Waals surface area contributed by atoms with Crippen molar-refractivity contribution in [3.05, 3.63) is 44.5 Å². The van der Waals surface area contributed by atoms with E-state index in [9.17, 15) is 0 Å². The molecular formula is C15H19Br2N3. The summed E-state index contributed by atoms with van der Waals surface area (Å²) in [5, 5.41) is 4.65. The smallest absolute Gasteiger partial charge is 0.136 e. The van der Waals surface area contributed by atoms with Crippen molar-refractivity contribution in [1.82, 2.24) is 9.78 Å². The van der Waals surface area contributed by atoms with E-state index in [2.05, 4.69) is 69.9 Å². The van der Waals surface area contributed by atoms with Crippen molar-refractivity contribution in [2.45, 2.75) is 33.7 Å². The average molecular weight is 401 g/mol. The van der Waals surface area contributed by atoms with E-state index in [0.717, 1.165) is 21.1 Å². The van der Waals surface area contributed by atoms with Crippen LogP contribution < -0.4 is 5.73 Å². The van der Waals surface area contributed by atoms with E-state index in [4.69, 9.17) is 5.73 Å². The first-order valence-corrected chi connectivity index (χ1v) is 8.10. The van der Waals surface area contributed by atoms with E-state index < -0.39 is 0 Å². The fourth-order valence-corrected chi connectivity index (χ4v) is 2.92. The molecule has 0 saturated heterocycles. The maximum atomic E-state index is 6.15. The number of nitrogens with zero attached hydrogens (tertiary/aromatic N) is 2. The van der Waals surface area contributed by atoms with Gasteiger partial charge >= 0.3 is 0 Å². The van der Waals surface area contributed by atoms with Crippen LogP contribution in [0.15, 0.2) is 33.2 Å². The Hall–Kier alpha value is -0.810. The number of hydrogen-bond donors (Lipinski definition) is 1. The molecule has 1 aromatic heterocycles. The Bertz CT molecular complexity index is 612. The Kier molecular flexibility index (Phi) is 4.59. The Balaban J connectivity index is 2.27. The highest BCUT2D eigenvalue weighted by Gasteiger charge is 2.19. The molecule has 20 heavy (non-hydrogen) atoms. The Labute approximate surface area is 136 Å². The molecule has 0 atom stereocenters. The number of anilines is 1. The summed E-state index contributed by atoms with van der Waals surface area (Å²) in [4.78, 5) is 0. The molecule has 2 N–H and O–H groups in total. The minimum atomic E-state index is 0.184. The minimum Gasteiger partial charge on any atom is -0.383 e. The van der Waals surface area contributed by atoms with Crippen molar-refractivity contribution in [3.8, 4) is 0 Å². The lowest BCUT2D eigenvalue weighted by molar-refractivity contribution is 0.403. The third-order valence-corrected chi connectivity index (χ3v) is 4.27. The van der Waals surface area contributed by atoms with Crippen LogP contribution in [0.1, 0.15) is 32.0 Å². The van der Waals surface area contributed by atoms with Crippen LogP contribution in [0, 0.1) is 5.41 Å². The second-order valence-corrected chi connectivity index (χ2v) is 7.88. The molecule has 0 aliphatic carbocycles. The van der Waals surface area contributed by atoms with E-state index in [1.54, 1.807) is 0 Å². The molecule has 2 rings (SSSR count). The van der Waals surface area contributed by atoms with E-state index >= 15 is 0 Å². The summed E-state index contributed by atoms with van der Waals surface area (Å²) in [6, 6.07) is 8.18. The zero-order valence-corrected chi connectivity index (χ0v) is 15.1. The lowest BCUT2D eigenvalue weighted by atomic mass is 9.91. The molecule has 0 bridgehead atoms. The van der Waals surface area contributed by atoms with Crippen LogP contribution in [0.25, 0.3) is 0 Å². The van der Waals surface area contributed by atoms with E-state index in [1.165, 1.54) is 5.56 Å². The summed E-state index contributed by atoms with van der Waals surface area (Å²) in [7, 11) is 0. The van der Waals surface area contributed by atoms with Crippen molar-refractivity contribution in [1.29, 1.82) is 0 Å². The SMILES string of the molecule is CC(C)(C)Cc1nn(Cc2cccc(Br)c2)c(N)c1Br. The predicted molar refractivity (Wildman–Crippen MR) is 90.7 cm³/mol. The molecule has 0 radical (unpaired) electrons. The van der Waals surface area contributed by atoms with Crippen LogP contribution in [0.3, 0.4) is 0 Å². The number of aromatic nitrogens is 2. The lowest BCUT2D eigenvalue weighted by Crippen LogP contribution is -2.11. The monoisotopic (exact) mass is 399 g/mol. The van der Waals surface area contributed by atoms with E-state index in [0.29, 0.717) is 12.4 Å². The van der Waals surface area contributed by atoms with Gasteiger partial charge in [0.2, 0.25) is 0 Å². The second-order valence-electron chi connectivity index (χ2n) is 6.17. The van der Waals surface area contributed by atoms with Gasteiger partial charge in [0.15, 0.2) is 0 Å². The summed E-state index contributed by atoms with van der Waals surface area (Å²) in [5.41, 5.74) is 8.52. The molecule has 3 nitrogen and oxygen atoms in total. The number of rotatable bonds is 3. The summed E-state index contributed by atoms with van der Waals surface area (Å²) in [5.74, 6) is 0.684. The maximum absolute atomic E-state index is 6.15. The fourth-order valence-electron chi connectivity index (χ4n) is 2.05. The van der Waals surface area contributed by atoms with Gasteiger partial charge in [0.25, 0.3) is 0 Å². The lowest BCUT2D eigenvalue weighted by Gasteiger charge is -2.16. The molecule has 1 heterocycles. The summed E-state index contributed by atoms with van der Waals surface area (Å²) < 4.78 is 3.84. The van der Waals surface area contributed by atoms with Crippen LogP contribution in [-0.2, 0) is 13.0 Å². The standard InChI is InChI=1S/C15H19Br2N3/c1-15(2,3)8-12-13(17)14(18)20(19-12)9-10-5-4-6-11(16)7-10/h4-7H,8-9,18H2,1-3H3. The van der Waals surface area contributed by atoms with Crippen molar-refractivity contribution < 1.29 is 0 Å². The molecule has 0 aliphatic heterocycles. The first-order valence-electron chi connectivity index (χ1n) is 6.51. The number of nitrogens with two attached hydrogens (primary N) is 1. The van der Waals surface area contributed by atoms with Crippen LogP contribution in [0.4, 0.5) is 5.82 Å². The van der Waals surface area contributed by atoms with Gasteiger partial charge in [-0.25, -0.2) is 4.68 Å². The molecule has 5 heteroatoms. The van der Waals surface area contributed by atoms with Crippen LogP contribution >= 0.6 is 31.9 Å². The van der Waals surface area contributed by atoms with Crippen molar-refractivity contribution in [2.24, 2.45) is 5.41 Å². The van der Waals surface area contributed by atoms with Gasteiger partial charge in [0.05, 0.1) is 16.7 Å². The number of halogens is 2. The van der Waals surface area contributed by atoms with Gasteiger partial charge in [0, 0.05) is 4.47 Å². The third-order valence-electron chi connectivity index (χ3n) is 2.92. The normalized spacial score (nSPS) is 11.8. The minimum absolute atomic E-state index is 0.184. The quantitative estimate of drug-likeness (QED) is 0.816. The van der Waals surface area contributed by atoms with Crippen molar-refractivity contribution in [3.63, 3.8) is 0 Å². The van der Waals surface area contributed by atoms with Gasteiger partial charge in [-0.05, 0) is 45.5 Å². The topological polar surface area (TPSA) is 43.8 Å². The zero-order chi connectivity index (χ0) is 14.9. The van der Waals surface area contributed by atoms with Crippen LogP contribution in [0.2, 0.25) is 0 Å². The van der Waals surface area contributed by atoms with Crippen LogP contribution in [-0.4, -0.2) is 9.78 Å². The Morgan fingerprint density at radius 1 is 1.25 bits per heavy atom. The predicted octanol–water partition coefficient (Wildman–Crippen LogP) is 4.63. The maximum Gasteiger partial charge on any atom is 0.136 e. The average Bonchev–Trinajstić information content (AvgIpc) is 2.56. The molecule has 0 spiro atoms. The molecular weight excluding hydrogens is 382 g/mol. The first-order chi connectivity index (χ1) is 9.26. The second kappa shape index (κ2) is 5.90. The third kappa shape index (κ3) is 3.85. The van der Waals surface area contributed by atoms with Gasteiger partial charge in [-0.3, -0.25) is 0 Å². The van der Waals surface area contributed by atoms with Gasteiger partial charge < -0.3 is 5.73 Å². The highest BCUT2D eigenvalue weighted by atomic mass is 79.9. The molecule has 2 aromatic rings. The number of hydrogen-bond acceptors (Lipinski definition) is 2. The summed E-state index contributed by atoms with van der Waals surface area (Å²) >= 11 is 7.05. The molecule has 0 fully saturated rings. The fraction of sp³-hybridized carbons (Fsp3) is 0.400. The van der Waals surface area contributed by atoms with E-state index in [-0.39, 0.29) is 5.41 Å². The largest absolute Gasteiger partial charge is 0.383 e. The van der Waals surface area contributed by atoms with Gasteiger partial charge in [0.1, 0.15) is 5.82 Å². The number of nitrogen functional groups attached to an aromatic ring is 1. The molecule has 0 unspecified atom stereocenters. The molecule has 108 valence electrons. The highest BCUT2D eigenvalue weighted by molar-refractivity contribution is 9.11. The molecule has 0 aliphatic rings. The zero-order valence-electron chi connectivity index (χ0n) is 12.0. The first kappa shape index (κ1) is 15.6. The van der Waals surface area contributed by atoms with Gasteiger partial charge in [-0.15, -0.1) is 0 Å². The van der Waals surface area contributed by atoms with Crippen molar-refractivity contribution >= 4 is 37.7 Å². The van der Waals surface area contributed by atoms with Crippen molar-refractivity contribution in [2.75, 3.05) is 5.73 Å².